The predicted octanol–water partition coefficient (Wildman–Crippen LogP) is 8.89. The summed E-state index contributed by atoms with van der Waals surface area (Å²) in [4.78, 5) is 0.307. The summed E-state index contributed by atoms with van der Waals surface area (Å²) in [5, 5.41) is 11.3. The van der Waals surface area contributed by atoms with Crippen LogP contribution in [0.3, 0.4) is 0 Å². The van der Waals surface area contributed by atoms with E-state index in [2.05, 4.69) is 48.5 Å². The van der Waals surface area contributed by atoms with Crippen molar-refractivity contribution in [3.8, 4) is 5.75 Å². The van der Waals surface area contributed by atoms with Gasteiger partial charge in [-0.2, -0.15) is 0 Å². The van der Waals surface area contributed by atoms with Crippen LogP contribution in [0.15, 0.2) is 41.3 Å². The van der Waals surface area contributed by atoms with Crippen LogP contribution in [0, 0.1) is 0 Å². The molecule has 0 aliphatic carbocycles. The zero-order valence-electron chi connectivity index (χ0n) is 24.7. The number of aromatic hydroxyl groups is 1. The van der Waals surface area contributed by atoms with Gasteiger partial charge < -0.3 is 5.11 Å². The van der Waals surface area contributed by atoms with Crippen molar-refractivity contribution >= 4 is 15.7 Å². The van der Waals surface area contributed by atoms with E-state index in [9.17, 15) is 13.5 Å². The highest BCUT2D eigenvalue weighted by molar-refractivity contribution is 7.92. The van der Waals surface area contributed by atoms with Crippen molar-refractivity contribution in [2.75, 3.05) is 10.8 Å². The molecular weight excluding hydrogens is 478 g/mol. The van der Waals surface area contributed by atoms with Crippen molar-refractivity contribution in [1.29, 1.82) is 0 Å². The first kappa shape index (κ1) is 31.2. The molecule has 0 amide bonds. The molecule has 1 N–H and O–H groups in total. The molecule has 0 aliphatic heterocycles. The molecule has 0 bridgehead atoms. The van der Waals surface area contributed by atoms with Gasteiger partial charge in [-0.15, -0.1) is 0 Å². The Balaban J connectivity index is 2.42. The molecular formula is C32H51NO3S. The number of phenolic OH excluding ortho intramolecular Hbond substituents is 1. The summed E-state index contributed by atoms with van der Waals surface area (Å²) >= 11 is 0. The number of sulfonamides is 1. The zero-order valence-corrected chi connectivity index (χ0v) is 25.5. The van der Waals surface area contributed by atoms with E-state index in [4.69, 9.17) is 0 Å². The summed E-state index contributed by atoms with van der Waals surface area (Å²) in [6.07, 6.45) is 10.1. The van der Waals surface area contributed by atoms with Crippen LogP contribution < -0.4 is 4.31 Å². The highest BCUT2D eigenvalue weighted by Gasteiger charge is 2.32. The van der Waals surface area contributed by atoms with E-state index < -0.39 is 10.0 Å². The Morgan fingerprint density at radius 3 is 1.70 bits per heavy atom. The molecule has 0 saturated heterocycles. The molecule has 0 unspecified atom stereocenters. The number of unbranched alkanes of at least 4 members (excludes halogenated alkanes) is 5. The van der Waals surface area contributed by atoms with E-state index in [1.165, 1.54) is 42.0 Å². The first-order valence-corrected chi connectivity index (χ1v) is 15.8. The fourth-order valence-corrected chi connectivity index (χ4v) is 6.19. The van der Waals surface area contributed by atoms with Crippen LogP contribution in [0.4, 0.5) is 5.69 Å². The van der Waals surface area contributed by atoms with Crippen molar-refractivity contribution in [1.82, 2.24) is 0 Å². The number of nitrogens with zero attached hydrogens (tertiary/aromatic N) is 1. The van der Waals surface area contributed by atoms with Gasteiger partial charge in [-0.25, -0.2) is 8.42 Å². The fourth-order valence-electron chi connectivity index (χ4n) is 4.73. The number of rotatable bonds is 15. The highest BCUT2D eigenvalue weighted by Crippen LogP contribution is 2.44. The summed E-state index contributed by atoms with van der Waals surface area (Å²) in [5.74, 6) is 0.287. The lowest BCUT2D eigenvalue weighted by Gasteiger charge is -2.33. The Bertz CT molecular complexity index is 1060. The number of hydrogen-bond acceptors (Lipinski definition) is 3. The van der Waals surface area contributed by atoms with Gasteiger partial charge in [-0.1, -0.05) is 92.7 Å². The van der Waals surface area contributed by atoms with Crippen LogP contribution in [-0.4, -0.2) is 20.1 Å². The van der Waals surface area contributed by atoms with Gasteiger partial charge in [-0.05, 0) is 73.3 Å². The Hall–Kier alpha value is -2.01. The molecule has 0 radical (unpaired) electrons. The van der Waals surface area contributed by atoms with Gasteiger partial charge in [0.05, 0.1) is 10.6 Å². The van der Waals surface area contributed by atoms with Crippen molar-refractivity contribution in [3.63, 3.8) is 0 Å². The molecule has 2 rings (SSSR count). The summed E-state index contributed by atoms with van der Waals surface area (Å²) in [5.41, 5.74) is 2.81. The van der Waals surface area contributed by atoms with Crippen LogP contribution >= 0.6 is 0 Å². The minimum Gasteiger partial charge on any atom is -0.507 e. The second-order valence-electron chi connectivity index (χ2n) is 11.7. The zero-order chi connectivity index (χ0) is 27.9. The molecule has 0 fully saturated rings. The molecule has 2 aromatic carbocycles. The van der Waals surface area contributed by atoms with E-state index in [0.717, 1.165) is 36.8 Å². The van der Waals surface area contributed by atoms with Crippen molar-refractivity contribution in [2.24, 2.45) is 0 Å². The van der Waals surface area contributed by atoms with Gasteiger partial charge >= 0.3 is 0 Å². The molecule has 0 aromatic heterocycles. The Morgan fingerprint density at radius 1 is 0.757 bits per heavy atom. The molecule has 5 heteroatoms. The fraction of sp³-hybridized carbons (Fsp3) is 0.625. The number of phenols is 1. The van der Waals surface area contributed by atoms with Gasteiger partial charge in [-0.3, -0.25) is 4.31 Å². The monoisotopic (exact) mass is 529 g/mol. The molecule has 0 heterocycles. The van der Waals surface area contributed by atoms with Crippen molar-refractivity contribution < 1.29 is 13.5 Å². The third-order valence-electron chi connectivity index (χ3n) is 8.23. The largest absolute Gasteiger partial charge is 0.507 e. The maximum atomic E-state index is 13.8. The summed E-state index contributed by atoms with van der Waals surface area (Å²) in [6, 6.07) is 11.2. The van der Waals surface area contributed by atoms with Crippen LogP contribution in [0.2, 0.25) is 0 Å². The van der Waals surface area contributed by atoms with E-state index in [1.807, 2.05) is 31.2 Å². The third kappa shape index (κ3) is 7.52. The van der Waals surface area contributed by atoms with Crippen LogP contribution in [0.5, 0.6) is 5.75 Å². The first-order valence-electron chi connectivity index (χ1n) is 14.3. The number of benzene rings is 2. The topological polar surface area (TPSA) is 57.6 Å². The normalized spacial score (nSPS) is 12.6. The minimum atomic E-state index is -3.76. The Labute approximate surface area is 227 Å². The van der Waals surface area contributed by atoms with E-state index in [0.29, 0.717) is 17.1 Å². The average Bonchev–Trinajstić information content (AvgIpc) is 2.87. The first-order chi connectivity index (χ1) is 17.4. The lowest BCUT2D eigenvalue weighted by atomic mass is 9.75. The maximum absolute atomic E-state index is 13.8. The standard InChI is InChI=1S/C32H51NO3S/c1-9-13-14-15-16-17-18-25-19-21-27(22-20-25)37(35,36)33(12-4)26-23-28(31(5,6)10-2)30(34)29(24-26)32(7,8)11-3/h19-24,34H,9-18H2,1-8H3. The van der Waals surface area contributed by atoms with Crippen LogP contribution in [0.25, 0.3) is 0 Å². The van der Waals surface area contributed by atoms with Crippen molar-refractivity contribution in [3.05, 3.63) is 53.1 Å². The summed E-state index contributed by atoms with van der Waals surface area (Å²) in [7, 11) is -3.76. The SMILES string of the molecule is CCCCCCCCc1ccc(S(=O)(=O)N(CC)c2cc(C(C)(C)CC)c(O)c(C(C)(C)CC)c2)cc1. The van der Waals surface area contributed by atoms with Gasteiger partial charge in [0.1, 0.15) is 5.75 Å². The van der Waals surface area contributed by atoms with Gasteiger partial charge in [0.15, 0.2) is 0 Å². The smallest absolute Gasteiger partial charge is 0.264 e. The van der Waals surface area contributed by atoms with Crippen molar-refractivity contribution in [2.45, 2.75) is 129 Å². The quantitative estimate of drug-likeness (QED) is 0.234. The highest BCUT2D eigenvalue weighted by atomic mass is 32.2. The molecule has 4 nitrogen and oxygen atoms in total. The number of aryl methyl sites for hydroxylation is 1. The number of anilines is 1. The second-order valence-corrected chi connectivity index (χ2v) is 13.6. The molecule has 0 spiro atoms. The Morgan fingerprint density at radius 2 is 1.24 bits per heavy atom. The minimum absolute atomic E-state index is 0.287. The van der Waals surface area contributed by atoms with E-state index in [-0.39, 0.29) is 16.6 Å². The maximum Gasteiger partial charge on any atom is 0.264 e. The number of hydrogen-bond donors (Lipinski definition) is 1. The van der Waals surface area contributed by atoms with E-state index in [1.54, 1.807) is 12.1 Å². The molecule has 0 aliphatic rings. The lowest BCUT2D eigenvalue weighted by molar-refractivity contribution is 0.400. The predicted molar refractivity (Wildman–Crippen MR) is 158 cm³/mol. The van der Waals surface area contributed by atoms with Crippen LogP contribution in [-0.2, 0) is 27.3 Å². The summed E-state index contributed by atoms with van der Waals surface area (Å²) < 4.78 is 29.2. The third-order valence-corrected chi connectivity index (χ3v) is 10.1. The van der Waals surface area contributed by atoms with Crippen LogP contribution in [0.1, 0.15) is 123 Å². The molecule has 37 heavy (non-hydrogen) atoms. The van der Waals surface area contributed by atoms with Gasteiger partial charge in [0.2, 0.25) is 0 Å². The average molecular weight is 530 g/mol. The van der Waals surface area contributed by atoms with Gasteiger partial charge in [0, 0.05) is 17.7 Å². The summed E-state index contributed by atoms with van der Waals surface area (Å²) in [6.45, 7) is 17.0. The van der Waals surface area contributed by atoms with Gasteiger partial charge in [0.25, 0.3) is 10.0 Å². The molecule has 0 atom stereocenters. The molecule has 0 saturated carbocycles. The molecule has 2 aromatic rings. The molecule has 208 valence electrons. The van der Waals surface area contributed by atoms with E-state index >= 15 is 0 Å². The lowest BCUT2D eigenvalue weighted by Crippen LogP contribution is -2.32. The second kappa shape index (κ2) is 13.2. The Kier molecular flexibility index (Phi) is 11.1.